The number of nitrogens with zero attached hydrogens (tertiary/aromatic N) is 7. The highest BCUT2D eigenvalue weighted by atomic mass is 19.1. The number of methoxy groups -OCH3 is 1. The van der Waals surface area contributed by atoms with Gasteiger partial charge in [0.1, 0.15) is 22.9 Å². The minimum Gasteiger partial charge on any atom is -0.467 e. The Hall–Kier alpha value is -4.47. The Labute approximate surface area is 244 Å². The van der Waals surface area contributed by atoms with Crippen molar-refractivity contribution < 1.29 is 13.9 Å². The van der Waals surface area contributed by atoms with Gasteiger partial charge < -0.3 is 14.5 Å². The number of carbonyl (C=O) groups is 1. The summed E-state index contributed by atoms with van der Waals surface area (Å²) in [4.78, 5) is 39.0. The van der Waals surface area contributed by atoms with Crippen molar-refractivity contribution in [3.8, 4) is 17.3 Å². The number of anilines is 1. The van der Waals surface area contributed by atoms with Crippen molar-refractivity contribution in [2.45, 2.75) is 52.0 Å². The number of aromatic nitrogens is 5. The van der Waals surface area contributed by atoms with E-state index in [0.29, 0.717) is 41.7 Å². The number of ether oxygens (including phenoxy) is 1. The topological polar surface area (TPSA) is 97.2 Å². The molecule has 4 heterocycles. The van der Waals surface area contributed by atoms with Crippen molar-refractivity contribution in [2.24, 2.45) is 0 Å². The molecule has 1 amide bonds. The van der Waals surface area contributed by atoms with Crippen LogP contribution in [0.25, 0.3) is 28.2 Å². The number of likely N-dealkylation sites (tertiary alicyclic amines) is 1. The van der Waals surface area contributed by atoms with Gasteiger partial charge in [-0.2, -0.15) is 9.97 Å². The second-order valence-electron chi connectivity index (χ2n) is 11.2. The average Bonchev–Trinajstić information content (AvgIpc) is 3.70. The quantitative estimate of drug-likeness (QED) is 0.282. The first-order valence-corrected chi connectivity index (χ1v) is 14.2. The number of amides is 1. The van der Waals surface area contributed by atoms with Crippen LogP contribution >= 0.6 is 0 Å². The van der Waals surface area contributed by atoms with Crippen LogP contribution in [0.2, 0.25) is 0 Å². The molecule has 0 radical (unpaired) electrons. The molecule has 216 valence electrons. The average molecular weight is 568 g/mol. The monoisotopic (exact) mass is 567 g/mol. The van der Waals surface area contributed by atoms with Gasteiger partial charge in [0.25, 0.3) is 0 Å². The standard InChI is InChI=1S/C32H34FN7O2/c1-18-7-6-8-23(27(18)21-9-10-21)29-28(33)30-24(16-35-29)31(38-32(37-30)42-5)39(4)22-13-14-40(17-22)26(41)12-11-25-19(2)15-34-20(3)36-25/h6-8,11-12,15-16,21-22H,9-10,13-14,17H2,1-5H3/b12-11+. The van der Waals surface area contributed by atoms with Gasteiger partial charge in [0, 0.05) is 50.2 Å². The van der Waals surface area contributed by atoms with Gasteiger partial charge in [0.15, 0.2) is 5.82 Å². The second kappa shape index (κ2) is 11.1. The van der Waals surface area contributed by atoms with Crippen LogP contribution < -0.4 is 9.64 Å². The molecule has 0 N–H and O–H groups in total. The van der Waals surface area contributed by atoms with Crippen LogP contribution in [0.1, 0.15) is 53.4 Å². The molecule has 1 saturated heterocycles. The number of carbonyl (C=O) groups excluding carboxylic acids is 1. The zero-order valence-electron chi connectivity index (χ0n) is 24.6. The number of halogens is 1. The maximum absolute atomic E-state index is 16.2. The summed E-state index contributed by atoms with van der Waals surface area (Å²) >= 11 is 0. The number of fused-ring (bicyclic) bond motifs is 1. The van der Waals surface area contributed by atoms with Crippen molar-refractivity contribution in [1.29, 1.82) is 0 Å². The van der Waals surface area contributed by atoms with E-state index < -0.39 is 5.82 Å². The Balaban J connectivity index is 1.28. The Morgan fingerprint density at radius 1 is 1.07 bits per heavy atom. The predicted molar refractivity (Wildman–Crippen MR) is 160 cm³/mol. The number of benzene rings is 1. The number of hydrogen-bond donors (Lipinski definition) is 0. The van der Waals surface area contributed by atoms with Gasteiger partial charge in [-0.25, -0.2) is 14.4 Å². The van der Waals surface area contributed by atoms with E-state index in [1.807, 2.05) is 37.9 Å². The Bertz CT molecular complexity index is 1720. The molecule has 1 aromatic carbocycles. The summed E-state index contributed by atoms with van der Waals surface area (Å²) in [5.74, 6) is 1.04. The van der Waals surface area contributed by atoms with Gasteiger partial charge in [0.2, 0.25) is 5.91 Å². The Morgan fingerprint density at radius 2 is 1.88 bits per heavy atom. The third-order valence-electron chi connectivity index (χ3n) is 8.26. The first-order chi connectivity index (χ1) is 20.2. The maximum Gasteiger partial charge on any atom is 0.318 e. The molecule has 1 aliphatic carbocycles. The smallest absolute Gasteiger partial charge is 0.318 e. The SMILES string of the molecule is COc1nc(N(C)C2CCN(C(=O)/C=C/c3nc(C)ncc3C)C2)c2cnc(-c3cccc(C)c3C3CC3)c(F)c2n1. The van der Waals surface area contributed by atoms with Gasteiger partial charge >= 0.3 is 6.01 Å². The van der Waals surface area contributed by atoms with Crippen LogP contribution in [0, 0.1) is 26.6 Å². The highest BCUT2D eigenvalue weighted by molar-refractivity contribution is 5.93. The molecule has 1 unspecified atom stereocenters. The van der Waals surface area contributed by atoms with Crippen molar-refractivity contribution in [3.05, 3.63) is 70.7 Å². The lowest BCUT2D eigenvalue weighted by atomic mass is 9.95. The van der Waals surface area contributed by atoms with E-state index in [0.717, 1.165) is 47.2 Å². The van der Waals surface area contributed by atoms with E-state index in [1.165, 1.54) is 7.11 Å². The molecule has 1 aliphatic heterocycles. The van der Waals surface area contributed by atoms with Crippen LogP contribution in [-0.2, 0) is 4.79 Å². The number of hydrogen-bond acceptors (Lipinski definition) is 8. The molecule has 1 atom stereocenters. The van der Waals surface area contributed by atoms with Crippen molar-refractivity contribution in [1.82, 2.24) is 29.8 Å². The first kappa shape index (κ1) is 27.7. The fourth-order valence-electron chi connectivity index (χ4n) is 5.77. The van der Waals surface area contributed by atoms with Crippen LogP contribution in [0.3, 0.4) is 0 Å². The molecular weight excluding hydrogens is 533 g/mol. The van der Waals surface area contributed by atoms with Crippen LogP contribution in [0.15, 0.2) is 36.7 Å². The van der Waals surface area contributed by atoms with Crippen LogP contribution in [0.4, 0.5) is 10.2 Å². The fourth-order valence-corrected chi connectivity index (χ4v) is 5.77. The van der Waals surface area contributed by atoms with E-state index in [9.17, 15) is 4.79 Å². The van der Waals surface area contributed by atoms with Gasteiger partial charge in [-0.3, -0.25) is 9.78 Å². The molecule has 10 heteroatoms. The third kappa shape index (κ3) is 5.17. The minimum absolute atomic E-state index is 0.0332. The van der Waals surface area contributed by atoms with E-state index in [1.54, 1.807) is 29.4 Å². The maximum atomic E-state index is 16.2. The van der Waals surface area contributed by atoms with Crippen LogP contribution in [-0.4, -0.2) is 69.0 Å². The molecule has 2 fully saturated rings. The summed E-state index contributed by atoms with van der Waals surface area (Å²) in [7, 11) is 3.38. The summed E-state index contributed by atoms with van der Waals surface area (Å²) in [6.07, 6.45) is 9.65. The molecule has 42 heavy (non-hydrogen) atoms. The normalized spacial score (nSPS) is 16.9. The van der Waals surface area contributed by atoms with E-state index in [-0.39, 0.29) is 23.5 Å². The highest BCUT2D eigenvalue weighted by Gasteiger charge is 2.32. The molecular formula is C32H34FN7O2. The summed E-state index contributed by atoms with van der Waals surface area (Å²) in [5.41, 5.74) is 5.22. The van der Waals surface area contributed by atoms with Gasteiger partial charge in [-0.1, -0.05) is 18.2 Å². The molecule has 2 aliphatic rings. The van der Waals surface area contributed by atoms with Crippen molar-refractivity contribution in [2.75, 3.05) is 32.1 Å². The van der Waals surface area contributed by atoms with Crippen LogP contribution in [0.5, 0.6) is 6.01 Å². The Morgan fingerprint density at radius 3 is 2.64 bits per heavy atom. The first-order valence-electron chi connectivity index (χ1n) is 14.2. The van der Waals surface area contributed by atoms with Gasteiger partial charge in [-0.15, -0.1) is 0 Å². The fraction of sp³-hybridized carbons (Fsp3) is 0.375. The summed E-state index contributed by atoms with van der Waals surface area (Å²) in [6, 6.07) is 6.00. The summed E-state index contributed by atoms with van der Waals surface area (Å²) in [6.45, 7) is 6.89. The highest BCUT2D eigenvalue weighted by Crippen LogP contribution is 2.46. The van der Waals surface area contributed by atoms with Gasteiger partial charge in [0.05, 0.1) is 18.2 Å². The number of likely N-dealkylation sites (N-methyl/N-ethyl adjacent to an activating group) is 1. The number of rotatable bonds is 7. The molecule has 6 rings (SSSR count). The molecule has 3 aromatic heterocycles. The Kier molecular flexibility index (Phi) is 7.30. The largest absolute Gasteiger partial charge is 0.467 e. The molecule has 0 spiro atoms. The van der Waals surface area contributed by atoms with E-state index in [4.69, 9.17) is 4.74 Å². The molecule has 4 aromatic rings. The van der Waals surface area contributed by atoms with Crippen molar-refractivity contribution >= 4 is 28.7 Å². The molecule has 9 nitrogen and oxygen atoms in total. The third-order valence-corrected chi connectivity index (χ3v) is 8.26. The zero-order valence-corrected chi connectivity index (χ0v) is 24.6. The second-order valence-corrected chi connectivity index (χ2v) is 11.2. The lowest BCUT2D eigenvalue weighted by molar-refractivity contribution is -0.124. The van der Waals surface area contributed by atoms with Gasteiger partial charge in [-0.05, 0) is 68.7 Å². The van der Waals surface area contributed by atoms with E-state index >= 15 is 4.39 Å². The van der Waals surface area contributed by atoms with E-state index in [2.05, 4.69) is 37.9 Å². The zero-order chi connectivity index (χ0) is 29.5. The molecule has 0 bridgehead atoms. The number of aryl methyl sites for hydroxylation is 3. The predicted octanol–water partition coefficient (Wildman–Crippen LogP) is 5.18. The van der Waals surface area contributed by atoms with Crippen molar-refractivity contribution in [3.63, 3.8) is 0 Å². The summed E-state index contributed by atoms with van der Waals surface area (Å²) in [5, 5.41) is 0.499. The minimum atomic E-state index is -0.487. The lowest BCUT2D eigenvalue weighted by Crippen LogP contribution is -2.36. The summed E-state index contributed by atoms with van der Waals surface area (Å²) < 4.78 is 21.6. The number of pyridine rings is 1. The molecule has 1 saturated carbocycles. The lowest BCUT2D eigenvalue weighted by Gasteiger charge is -2.27.